The molecule has 0 radical (unpaired) electrons. The van der Waals surface area contributed by atoms with E-state index < -0.39 is 0 Å². The molecule has 1 saturated heterocycles. The van der Waals surface area contributed by atoms with Crippen molar-refractivity contribution < 1.29 is 5.11 Å². The maximum atomic E-state index is 10.0. The van der Waals surface area contributed by atoms with E-state index in [4.69, 9.17) is 16.6 Å². The first-order chi connectivity index (χ1) is 16.9. The number of phenolic OH excluding ortho intramolecular Hbond substituents is 1. The molecule has 0 amide bonds. The summed E-state index contributed by atoms with van der Waals surface area (Å²) in [5, 5.41) is 26.4. The van der Waals surface area contributed by atoms with Crippen LogP contribution in [0.5, 0.6) is 5.75 Å². The van der Waals surface area contributed by atoms with Crippen LogP contribution in [0.1, 0.15) is 44.7 Å². The van der Waals surface area contributed by atoms with E-state index in [1.165, 1.54) is 24.3 Å². The molecule has 0 aliphatic carbocycles. The number of allylic oxidation sites excluding steroid dienone is 1. The minimum atomic E-state index is -0.103. The number of nitrogens with two attached hydrogens (primary N) is 1. The molecular weight excluding hydrogens is 454 g/mol. The predicted octanol–water partition coefficient (Wildman–Crippen LogP) is 5.46. The average molecular weight is 496 g/mol. The zero-order valence-corrected chi connectivity index (χ0v) is 22.4. The molecule has 6 nitrogen and oxygen atoms in total. The molecule has 5 N–H and O–H groups in total. The van der Waals surface area contributed by atoms with Crippen LogP contribution in [0.4, 0.5) is 5.69 Å². The highest BCUT2D eigenvalue weighted by Gasteiger charge is 2.23. The van der Waals surface area contributed by atoms with E-state index in [0.717, 1.165) is 31.7 Å². The fourth-order valence-electron chi connectivity index (χ4n) is 4.39. The number of thioether (sulfide) groups is 1. The molecular formula is C28H41N5OS. The Morgan fingerprint density at radius 3 is 2.29 bits per heavy atom. The maximum absolute atomic E-state index is 10.0. The quantitative estimate of drug-likeness (QED) is 0.259. The number of piperidine rings is 1. The van der Waals surface area contributed by atoms with Crippen LogP contribution in [0.3, 0.4) is 0 Å². The highest BCUT2D eigenvalue weighted by atomic mass is 32.2. The summed E-state index contributed by atoms with van der Waals surface area (Å²) in [5.74, 6) is 1.12. The van der Waals surface area contributed by atoms with Gasteiger partial charge in [0.1, 0.15) is 11.6 Å². The molecule has 2 aromatic rings. The average Bonchev–Trinajstić information content (AvgIpc) is 2.89. The highest BCUT2D eigenvalue weighted by Crippen LogP contribution is 2.26. The number of aromatic hydroxyl groups is 1. The third kappa shape index (κ3) is 7.87. The first kappa shape index (κ1) is 28.5. The minimum Gasteiger partial charge on any atom is -0.507 e. The van der Waals surface area contributed by atoms with E-state index >= 15 is 0 Å². The molecule has 1 heterocycles. The van der Waals surface area contributed by atoms with E-state index in [-0.39, 0.29) is 17.3 Å². The molecule has 1 fully saturated rings. The number of phenols is 1. The molecule has 3 rings (SSSR count). The molecule has 1 aliphatic heterocycles. The lowest BCUT2D eigenvalue weighted by Gasteiger charge is -2.39. The molecule has 2 aromatic carbocycles. The molecule has 190 valence electrons. The number of nitrogens with one attached hydrogen (secondary N) is 2. The first-order valence-corrected chi connectivity index (χ1v) is 13.8. The third-order valence-electron chi connectivity index (χ3n) is 6.29. The lowest BCUT2D eigenvalue weighted by atomic mass is 9.99. The van der Waals surface area contributed by atoms with E-state index in [1.54, 1.807) is 30.3 Å². The molecule has 0 unspecified atom stereocenters. The van der Waals surface area contributed by atoms with Gasteiger partial charge in [0.25, 0.3) is 0 Å². The van der Waals surface area contributed by atoms with Crippen molar-refractivity contribution in [2.45, 2.75) is 39.7 Å². The van der Waals surface area contributed by atoms with Crippen molar-refractivity contribution >= 4 is 34.6 Å². The molecule has 0 spiro atoms. The summed E-state index contributed by atoms with van der Waals surface area (Å²) in [7, 11) is 0. The lowest BCUT2D eigenvalue weighted by Crippen LogP contribution is -2.45. The van der Waals surface area contributed by atoms with E-state index in [2.05, 4.69) is 35.1 Å². The SMILES string of the molecule is CC.CCN(CCSC)C1CCN(c2ccc(/C(=C/C(=N)c3ccccc3O)C(=N)N)cc2)CC1. The van der Waals surface area contributed by atoms with E-state index in [0.29, 0.717) is 17.2 Å². The van der Waals surface area contributed by atoms with Crippen molar-refractivity contribution in [3.63, 3.8) is 0 Å². The van der Waals surface area contributed by atoms with Crippen molar-refractivity contribution in [2.75, 3.05) is 43.1 Å². The summed E-state index contributed by atoms with van der Waals surface area (Å²) < 4.78 is 0. The first-order valence-electron chi connectivity index (χ1n) is 12.5. The predicted molar refractivity (Wildman–Crippen MR) is 153 cm³/mol. The molecule has 35 heavy (non-hydrogen) atoms. The van der Waals surface area contributed by atoms with Gasteiger partial charge in [-0.25, -0.2) is 0 Å². The fourth-order valence-corrected chi connectivity index (χ4v) is 4.81. The van der Waals surface area contributed by atoms with Crippen LogP contribution in [0, 0.1) is 10.8 Å². The normalized spacial score (nSPS) is 14.4. The van der Waals surface area contributed by atoms with Crippen LogP contribution in [-0.2, 0) is 0 Å². The number of rotatable bonds is 10. The van der Waals surface area contributed by atoms with Gasteiger partial charge in [0.2, 0.25) is 0 Å². The van der Waals surface area contributed by atoms with Crippen LogP contribution in [0.15, 0.2) is 54.6 Å². The Balaban J connectivity index is 0.00000210. The lowest BCUT2D eigenvalue weighted by molar-refractivity contribution is 0.188. The van der Waals surface area contributed by atoms with Gasteiger partial charge < -0.3 is 21.1 Å². The molecule has 0 saturated carbocycles. The van der Waals surface area contributed by atoms with Crippen molar-refractivity contribution in [1.82, 2.24) is 4.90 Å². The second kappa shape index (κ2) is 14.6. The number of nitrogens with zero attached hydrogens (tertiary/aromatic N) is 2. The molecule has 1 aliphatic rings. The van der Waals surface area contributed by atoms with Gasteiger partial charge >= 0.3 is 0 Å². The summed E-state index contributed by atoms with van der Waals surface area (Å²) in [6.07, 6.45) is 6.05. The summed E-state index contributed by atoms with van der Waals surface area (Å²) in [4.78, 5) is 5.03. The smallest absolute Gasteiger partial charge is 0.124 e. The zero-order chi connectivity index (χ0) is 25.8. The number of anilines is 1. The van der Waals surface area contributed by atoms with Crippen molar-refractivity contribution in [3.05, 3.63) is 65.7 Å². The molecule has 0 bridgehead atoms. The topological polar surface area (TPSA) is 100 Å². The van der Waals surface area contributed by atoms with Gasteiger partial charge in [-0.1, -0.05) is 45.0 Å². The molecule has 0 atom stereocenters. The van der Waals surface area contributed by atoms with Gasteiger partial charge in [-0.2, -0.15) is 11.8 Å². The van der Waals surface area contributed by atoms with Gasteiger partial charge in [-0.3, -0.25) is 10.3 Å². The van der Waals surface area contributed by atoms with Crippen LogP contribution < -0.4 is 10.6 Å². The van der Waals surface area contributed by atoms with Gasteiger partial charge in [0, 0.05) is 48.3 Å². The maximum Gasteiger partial charge on any atom is 0.124 e. The summed E-state index contributed by atoms with van der Waals surface area (Å²) >= 11 is 1.91. The van der Waals surface area contributed by atoms with Gasteiger partial charge in [0.15, 0.2) is 0 Å². The van der Waals surface area contributed by atoms with Gasteiger partial charge in [-0.05, 0) is 61.5 Å². The van der Waals surface area contributed by atoms with Crippen molar-refractivity contribution in [1.29, 1.82) is 10.8 Å². The largest absolute Gasteiger partial charge is 0.507 e. The standard InChI is InChI=1S/C26H35N5OS.C2H6/c1-3-30(16-17-33-2)21-12-14-31(15-13-21)20-10-8-19(9-11-20)23(26(28)29)18-24(27)22-6-4-5-7-25(22)32;1-2/h4-11,18,21,27,32H,3,12-17H2,1-2H3,(H3,28,29);1-2H3/b23-18-,27-24?;. The molecule has 0 aromatic heterocycles. The van der Waals surface area contributed by atoms with Crippen LogP contribution in [0.25, 0.3) is 5.57 Å². The second-order valence-corrected chi connectivity index (χ2v) is 9.27. The minimum absolute atomic E-state index is 0.0375. The Hall–Kier alpha value is -2.77. The summed E-state index contributed by atoms with van der Waals surface area (Å²) in [5.41, 5.74) is 8.80. The fraction of sp³-hybridized carbons (Fsp3) is 0.429. The van der Waals surface area contributed by atoms with E-state index in [9.17, 15) is 5.11 Å². The van der Waals surface area contributed by atoms with Crippen molar-refractivity contribution in [2.24, 2.45) is 5.73 Å². The monoisotopic (exact) mass is 495 g/mol. The number of para-hydroxylation sites is 1. The highest BCUT2D eigenvalue weighted by molar-refractivity contribution is 7.98. The van der Waals surface area contributed by atoms with Crippen molar-refractivity contribution in [3.8, 4) is 5.75 Å². The molecule has 7 heteroatoms. The second-order valence-electron chi connectivity index (χ2n) is 8.29. The Kier molecular flexibility index (Phi) is 11.9. The Labute approximate surface area is 215 Å². The summed E-state index contributed by atoms with van der Waals surface area (Å²) in [6, 6.07) is 15.4. The number of hydrogen-bond donors (Lipinski definition) is 4. The van der Waals surface area contributed by atoms with Crippen LogP contribution >= 0.6 is 11.8 Å². The summed E-state index contributed by atoms with van der Waals surface area (Å²) in [6.45, 7) is 10.6. The van der Waals surface area contributed by atoms with Crippen LogP contribution in [0.2, 0.25) is 0 Å². The number of hydrogen-bond acceptors (Lipinski definition) is 6. The third-order valence-corrected chi connectivity index (χ3v) is 6.88. The Bertz CT molecular complexity index is 981. The van der Waals surface area contributed by atoms with E-state index in [1.807, 2.05) is 37.7 Å². The van der Waals surface area contributed by atoms with Crippen LogP contribution in [-0.4, -0.2) is 65.8 Å². The number of amidine groups is 1. The number of benzene rings is 2. The Morgan fingerprint density at radius 1 is 1.11 bits per heavy atom. The zero-order valence-electron chi connectivity index (χ0n) is 21.6. The van der Waals surface area contributed by atoms with Gasteiger partial charge in [-0.15, -0.1) is 0 Å². The van der Waals surface area contributed by atoms with Gasteiger partial charge in [0.05, 0.1) is 5.71 Å². The Morgan fingerprint density at radius 2 is 1.74 bits per heavy atom.